The van der Waals surface area contributed by atoms with Crippen LogP contribution in [0, 0.1) is 0 Å². The van der Waals surface area contributed by atoms with Gasteiger partial charge in [0.25, 0.3) is 5.91 Å². The summed E-state index contributed by atoms with van der Waals surface area (Å²) in [6.45, 7) is 0.845. The molecule has 1 N–H and O–H groups in total. The highest BCUT2D eigenvalue weighted by atomic mass is 32.2. The van der Waals surface area contributed by atoms with Gasteiger partial charge in [0.1, 0.15) is 0 Å². The molecule has 7 heteroatoms. The number of hydrogen-bond acceptors (Lipinski definition) is 4. The molecule has 2 aliphatic heterocycles. The fourth-order valence-corrected chi connectivity index (χ4v) is 1.93. The van der Waals surface area contributed by atoms with E-state index in [1.165, 1.54) is 0 Å². The third-order valence-electron chi connectivity index (χ3n) is 1.80. The fraction of sp³-hybridized carbons (Fsp3) is 0.500. The third kappa shape index (κ3) is 1.24. The molecule has 0 unspecified atom stereocenters. The first-order valence-corrected chi connectivity index (χ1v) is 4.73. The summed E-state index contributed by atoms with van der Waals surface area (Å²) in [7, 11) is 0. The Morgan fingerprint density at radius 1 is 1.31 bits per heavy atom. The Bertz CT molecular complexity index is 277. The van der Waals surface area contributed by atoms with E-state index in [0.717, 1.165) is 21.8 Å². The first kappa shape index (κ1) is 8.36. The third-order valence-corrected chi connectivity index (χ3v) is 2.62. The van der Waals surface area contributed by atoms with Crippen molar-refractivity contribution < 1.29 is 14.4 Å². The molecule has 2 fully saturated rings. The van der Waals surface area contributed by atoms with E-state index in [4.69, 9.17) is 0 Å². The minimum atomic E-state index is -0.385. The van der Waals surface area contributed by atoms with Crippen LogP contribution in [0.2, 0.25) is 0 Å². The Morgan fingerprint density at radius 3 is 2.54 bits per heavy atom. The summed E-state index contributed by atoms with van der Waals surface area (Å²) in [5.41, 5.74) is 0. The van der Waals surface area contributed by atoms with E-state index in [2.05, 4.69) is 5.32 Å². The van der Waals surface area contributed by atoms with Crippen LogP contribution in [0.4, 0.5) is 9.59 Å². The second kappa shape index (κ2) is 2.91. The van der Waals surface area contributed by atoms with Crippen molar-refractivity contribution in [1.29, 1.82) is 0 Å². The first-order valence-electron chi connectivity index (χ1n) is 3.75. The predicted octanol–water partition coefficient (Wildman–Crippen LogP) is -0.378. The Kier molecular flexibility index (Phi) is 1.87. The van der Waals surface area contributed by atoms with E-state index >= 15 is 0 Å². The fourth-order valence-electron chi connectivity index (χ4n) is 1.23. The van der Waals surface area contributed by atoms with Crippen LogP contribution in [0.1, 0.15) is 0 Å². The topological polar surface area (TPSA) is 69.7 Å². The van der Waals surface area contributed by atoms with E-state index in [0.29, 0.717) is 13.1 Å². The largest absolute Gasteiger partial charge is 0.336 e. The lowest BCUT2D eigenvalue weighted by atomic mass is 10.6. The maximum absolute atomic E-state index is 11.2. The molecule has 70 valence electrons. The monoisotopic (exact) mass is 201 g/mol. The molecule has 0 radical (unpaired) electrons. The maximum Gasteiger partial charge on any atom is 0.336 e. The van der Waals surface area contributed by atoms with Gasteiger partial charge < -0.3 is 5.32 Å². The van der Waals surface area contributed by atoms with Gasteiger partial charge in [-0.25, -0.2) is 9.80 Å². The number of carbonyl (C=O) groups excluding carboxylic acids is 3. The molecule has 4 amide bonds. The average molecular weight is 201 g/mol. The summed E-state index contributed by atoms with van der Waals surface area (Å²) in [6.07, 6.45) is 0. The molecule has 6 nitrogen and oxygen atoms in total. The molecule has 0 aliphatic carbocycles. The van der Waals surface area contributed by atoms with Crippen LogP contribution in [0.3, 0.4) is 0 Å². The lowest BCUT2D eigenvalue weighted by Gasteiger charge is -2.22. The van der Waals surface area contributed by atoms with Crippen molar-refractivity contribution in [3.05, 3.63) is 0 Å². The highest BCUT2D eigenvalue weighted by Crippen LogP contribution is 2.21. The van der Waals surface area contributed by atoms with Crippen molar-refractivity contribution in [1.82, 2.24) is 15.3 Å². The van der Waals surface area contributed by atoms with Crippen molar-refractivity contribution in [2.24, 2.45) is 0 Å². The number of hydrogen-bond donors (Lipinski definition) is 1. The molecule has 0 saturated carbocycles. The van der Waals surface area contributed by atoms with Gasteiger partial charge in [0.15, 0.2) is 0 Å². The zero-order chi connectivity index (χ0) is 9.42. The van der Waals surface area contributed by atoms with E-state index in [1.54, 1.807) is 0 Å². The summed E-state index contributed by atoms with van der Waals surface area (Å²) < 4.78 is 0. The Labute approximate surface area is 78.2 Å². The number of nitrogens with zero attached hydrogens (tertiary/aromatic N) is 2. The minimum Gasteiger partial charge on any atom is -0.335 e. The number of nitrogens with one attached hydrogen (secondary N) is 1. The van der Waals surface area contributed by atoms with Gasteiger partial charge in [-0.2, -0.15) is 5.01 Å². The van der Waals surface area contributed by atoms with E-state index in [-0.39, 0.29) is 22.9 Å². The second-order valence-electron chi connectivity index (χ2n) is 2.62. The smallest absolute Gasteiger partial charge is 0.335 e. The highest BCUT2D eigenvalue weighted by molar-refractivity contribution is 8.14. The molecule has 0 aromatic rings. The molecule has 2 rings (SSSR count). The van der Waals surface area contributed by atoms with Crippen LogP contribution < -0.4 is 5.32 Å². The van der Waals surface area contributed by atoms with Crippen molar-refractivity contribution in [2.45, 2.75) is 0 Å². The SMILES string of the molecule is O=C1NCCN1N1C(=O)CSC1=O. The zero-order valence-electron chi connectivity index (χ0n) is 6.65. The van der Waals surface area contributed by atoms with Crippen LogP contribution >= 0.6 is 11.8 Å². The predicted molar refractivity (Wildman–Crippen MR) is 44.8 cm³/mol. The van der Waals surface area contributed by atoms with E-state index < -0.39 is 0 Å². The van der Waals surface area contributed by atoms with E-state index in [1.807, 2.05) is 0 Å². The normalized spacial score (nSPS) is 22.9. The Balaban J connectivity index is 2.19. The summed E-state index contributed by atoms with van der Waals surface area (Å²) in [5.74, 6) is -0.199. The zero-order valence-corrected chi connectivity index (χ0v) is 7.47. The average Bonchev–Trinajstić information content (AvgIpc) is 2.60. The van der Waals surface area contributed by atoms with Gasteiger partial charge in [-0.15, -0.1) is 0 Å². The number of amides is 4. The van der Waals surface area contributed by atoms with Gasteiger partial charge in [0, 0.05) is 6.54 Å². The maximum atomic E-state index is 11.2. The highest BCUT2D eigenvalue weighted by Gasteiger charge is 2.39. The molecule has 2 saturated heterocycles. The molecule has 0 spiro atoms. The quantitative estimate of drug-likeness (QED) is 0.628. The van der Waals surface area contributed by atoms with Crippen molar-refractivity contribution in [2.75, 3.05) is 18.8 Å². The van der Waals surface area contributed by atoms with Gasteiger partial charge in [-0.1, -0.05) is 11.8 Å². The number of carbonyl (C=O) groups is 3. The summed E-state index contributed by atoms with van der Waals surface area (Å²) in [4.78, 5) is 33.5. The van der Waals surface area contributed by atoms with Crippen LogP contribution in [0.25, 0.3) is 0 Å². The summed E-state index contributed by atoms with van der Waals surface area (Å²) in [6, 6.07) is -0.385. The minimum absolute atomic E-state index is 0.128. The summed E-state index contributed by atoms with van der Waals surface area (Å²) in [5, 5.41) is 4.20. The number of urea groups is 1. The lowest BCUT2D eigenvalue weighted by molar-refractivity contribution is -0.132. The van der Waals surface area contributed by atoms with Gasteiger partial charge in [0.2, 0.25) is 0 Å². The molecule has 0 atom stereocenters. The molecule has 0 bridgehead atoms. The van der Waals surface area contributed by atoms with Crippen molar-refractivity contribution in [3.63, 3.8) is 0 Å². The summed E-state index contributed by atoms with van der Waals surface area (Å²) >= 11 is 0.918. The molecule has 2 aliphatic rings. The van der Waals surface area contributed by atoms with Crippen LogP contribution in [0.15, 0.2) is 0 Å². The van der Waals surface area contributed by atoms with Gasteiger partial charge in [-0.05, 0) is 0 Å². The molecular weight excluding hydrogens is 194 g/mol. The number of thioether (sulfide) groups is 1. The van der Waals surface area contributed by atoms with Crippen LogP contribution in [0.5, 0.6) is 0 Å². The second-order valence-corrected chi connectivity index (χ2v) is 3.54. The van der Waals surface area contributed by atoms with Gasteiger partial charge in [-0.3, -0.25) is 9.59 Å². The van der Waals surface area contributed by atoms with Crippen LogP contribution in [-0.4, -0.2) is 46.0 Å². The molecule has 0 aromatic heterocycles. The molecule has 2 heterocycles. The molecular formula is C6H7N3O3S. The number of imide groups is 1. The number of hydrazine groups is 1. The van der Waals surface area contributed by atoms with E-state index in [9.17, 15) is 14.4 Å². The van der Waals surface area contributed by atoms with Crippen molar-refractivity contribution in [3.8, 4) is 0 Å². The van der Waals surface area contributed by atoms with Gasteiger partial charge in [0.05, 0.1) is 12.3 Å². The number of rotatable bonds is 1. The Hall–Kier alpha value is -1.24. The standard InChI is InChI=1S/C6H7N3O3S/c10-4-3-13-6(12)9(4)8-2-1-7-5(8)11/h1-3H2,(H,7,11). The molecule has 0 aromatic carbocycles. The Morgan fingerprint density at radius 2 is 2.08 bits per heavy atom. The molecule has 13 heavy (non-hydrogen) atoms. The van der Waals surface area contributed by atoms with Crippen molar-refractivity contribution >= 4 is 28.9 Å². The van der Waals surface area contributed by atoms with Crippen LogP contribution in [-0.2, 0) is 4.79 Å². The van der Waals surface area contributed by atoms with Gasteiger partial charge >= 0.3 is 11.3 Å². The first-order chi connectivity index (χ1) is 6.20. The lowest BCUT2D eigenvalue weighted by Crippen LogP contribution is -2.47.